The zero-order chi connectivity index (χ0) is 12.5. The highest BCUT2D eigenvalue weighted by atomic mass is 32.2. The summed E-state index contributed by atoms with van der Waals surface area (Å²) in [6, 6.07) is 6.15. The smallest absolute Gasteiger partial charge is 0.147 e. The summed E-state index contributed by atoms with van der Waals surface area (Å²) in [6.45, 7) is 0. The van der Waals surface area contributed by atoms with Crippen molar-refractivity contribution in [2.24, 2.45) is 5.73 Å². The third-order valence-corrected chi connectivity index (χ3v) is 4.33. The van der Waals surface area contributed by atoms with Gasteiger partial charge in [0.1, 0.15) is 9.84 Å². The molecule has 0 amide bonds. The van der Waals surface area contributed by atoms with Gasteiger partial charge in [0.25, 0.3) is 0 Å². The fourth-order valence-electron chi connectivity index (χ4n) is 2.33. The van der Waals surface area contributed by atoms with Crippen LogP contribution in [0.3, 0.4) is 0 Å². The van der Waals surface area contributed by atoms with Crippen LogP contribution in [0.2, 0.25) is 0 Å². The van der Waals surface area contributed by atoms with E-state index in [2.05, 4.69) is 12.1 Å². The van der Waals surface area contributed by atoms with E-state index >= 15 is 0 Å². The van der Waals surface area contributed by atoms with Crippen LogP contribution in [0.4, 0.5) is 0 Å². The molecule has 1 aromatic rings. The largest absolute Gasteiger partial charge is 0.324 e. The van der Waals surface area contributed by atoms with Crippen LogP contribution in [0.5, 0.6) is 0 Å². The van der Waals surface area contributed by atoms with Crippen molar-refractivity contribution in [2.45, 2.75) is 31.7 Å². The lowest BCUT2D eigenvalue weighted by Crippen LogP contribution is -2.15. The summed E-state index contributed by atoms with van der Waals surface area (Å²) in [5.41, 5.74) is 9.90. The maximum atomic E-state index is 11.1. The van der Waals surface area contributed by atoms with Gasteiger partial charge in [0, 0.05) is 12.3 Å². The Kier molecular flexibility index (Phi) is 3.54. The monoisotopic (exact) mass is 253 g/mol. The Bertz CT molecular complexity index is 508. The average molecular weight is 253 g/mol. The van der Waals surface area contributed by atoms with Gasteiger partial charge in [0.2, 0.25) is 0 Å². The summed E-state index contributed by atoms with van der Waals surface area (Å²) < 4.78 is 22.2. The quantitative estimate of drug-likeness (QED) is 0.887. The second-order valence-electron chi connectivity index (χ2n) is 4.91. The molecule has 3 nitrogen and oxygen atoms in total. The van der Waals surface area contributed by atoms with E-state index < -0.39 is 9.84 Å². The minimum absolute atomic E-state index is 0.158. The lowest BCUT2D eigenvalue weighted by molar-refractivity contribution is 0.591. The van der Waals surface area contributed by atoms with E-state index in [0.717, 1.165) is 18.4 Å². The molecule has 0 aromatic heterocycles. The van der Waals surface area contributed by atoms with Crippen molar-refractivity contribution in [3.05, 3.63) is 34.9 Å². The molecule has 0 spiro atoms. The van der Waals surface area contributed by atoms with Gasteiger partial charge < -0.3 is 5.73 Å². The van der Waals surface area contributed by atoms with Crippen LogP contribution < -0.4 is 5.73 Å². The van der Waals surface area contributed by atoms with Gasteiger partial charge in [-0.05, 0) is 42.4 Å². The van der Waals surface area contributed by atoms with E-state index in [1.54, 1.807) is 0 Å². The fourth-order valence-corrected chi connectivity index (χ4v) is 3.01. The molecule has 2 rings (SSSR count). The summed E-state index contributed by atoms with van der Waals surface area (Å²) in [4.78, 5) is 0. The molecule has 2 N–H and O–H groups in total. The first-order valence-electron chi connectivity index (χ1n) is 6.01. The summed E-state index contributed by atoms with van der Waals surface area (Å²) in [6.07, 6.45) is 5.26. The third kappa shape index (κ3) is 3.30. The minimum Gasteiger partial charge on any atom is -0.324 e. The van der Waals surface area contributed by atoms with Crippen LogP contribution in [0, 0.1) is 0 Å². The lowest BCUT2D eigenvalue weighted by Gasteiger charge is -2.13. The fraction of sp³-hybridized carbons (Fsp3) is 0.538. The summed E-state index contributed by atoms with van der Waals surface area (Å²) in [5.74, 6) is 0.158. The molecule has 1 unspecified atom stereocenters. The van der Waals surface area contributed by atoms with E-state index in [1.165, 1.54) is 23.8 Å². The summed E-state index contributed by atoms with van der Waals surface area (Å²) in [5, 5.41) is 0. The number of hydrogen-bond acceptors (Lipinski definition) is 3. The van der Waals surface area contributed by atoms with E-state index in [1.807, 2.05) is 6.07 Å². The molecule has 1 atom stereocenters. The first-order chi connectivity index (χ1) is 7.96. The zero-order valence-corrected chi connectivity index (χ0v) is 11.0. The lowest BCUT2D eigenvalue weighted by atomic mass is 10.0. The molecule has 0 heterocycles. The Balaban J connectivity index is 2.07. The molecule has 1 aliphatic carbocycles. The Morgan fingerprint density at radius 1 is 1.29 bits per heavy atom. The molecule has 0 bridgehead atoms. The molecular weight excluding hydrogens is 234 g/mol. The van der Waals surface area contributed by atoms with Crippen LogP contribution >= 0.6 is 0 Å². The highest BCUT2D eigenvalue weighted by Gasteiger charge is 2.14. The summed E-state index contributed by atoms with van der Waals surface area (Å²) in [7, 11) is -2.92. The molecule has 0 radical (unpaired) electrons. The highest BCUT2D eigenvalue weighted by molar-refractivity contribution is 7.90. The van der Waals surface area contributed by atoms with Crippen molar-refractivity contribution in [2.75, 3.05) is 12.0 Å². The molecule has 0 fully saturated rings. The van der Waals surface area contributed by atoms with Crippen LogP contribution in [-0.4, -0.2) is 20.4 Å². The Morgan fingerprint density at radius 2 is 2.00 bits per heavy atom. The number of rotatable bonds is 4. The van der Waals surface area contributed by atoms with Gasteiger partial charge in [-0.25, -0.2) is 8.42 Å². The van der Waals surface area contributed by atoms with E-state index in [0.29, 0.717) is 6.42 Å². The number of hydrogen-bond donors (Lipinski definition) is 1. The molecule has 0 aliphatic heterocycles. The molecule has 0 saturated carbocycles. The summed E-state index contributed by atoms with van der Waals surface area (Å²) >= 11 is 0. The van der Waals surface area contributed by atoms with Gasteiger partial charge in [0.05, 0.1) is 5.75 Å². The molecule has 94 valence electrons. The zero-order valence-electron chi connectivity index (χ0n) is 10.1. The van der Waals surface area contributed by atoms with Gasteiger partial charge in [-0.1, -0.05) is 18.2 Å². The molecular formula is C13H19NO2S. The normalized spacial score (nSPS) is 16.8. The first kappa shape index (κ1) is 12.6. The van der Waals surface area contributed by atoms with Crippen molar-refractivity contribution < 1.29 is 8.42 Å². The number of sulfone groups is 1. The molecule has 0 saturated heterocycles. The Morgan fingerprint density at radius 3 is 2.71 bits per heavy atom. The number of benzene rings is 1. The van der Waals surface area contributed by atoms with E-state index in [-0.39, 0.29) is 11.8 Å². The predicted molar refractivity (Wildman–Crippen MR) is 69.7 cm³/mol. The average Bonchev–Trinajstić information content (AvgIpc) is 2.71. The minimum atomic E-state index is -2.92. The van der Waals surface area contributed by atoms with E-state index in [9.17, 15) is 8.42 Å². The number of aryl methyl sites for hydroxylation is 2. The number of fused-ring (bicyclic) bond motifs is 1. The third-order valence-electron chi connectivity index (χ3n) is 3.35. The van der Waals surface area contributed by atoms with Crippen LogP contribution in [0.15, 0.2) is 18.2 Å². The second kappa shape index (κ2) is 4.78. The van der Waals surface area contributed by atoms with Gasteiger partial charge in [-0.3, -0.25) is 0 Å². The van der Waals surface area contributed by atoms with Gasteiger partial charge in [0.15, 0.2) is 0 Å². The highest BCUT2D eigenvalue weighted by Crippen LogP contribution is 2.25. The Hall–Kier alpha value is -0.870. The predicted octanol–water partition coefficient (Wildman–Crippen LogP) is 1.61. The van der Waals surface area contributed by atoms with Crippen molar-refractivity contribution in [1.29, 1.82) is 0 Å². The topological polar surface area (TPSA) is 60.2 Å². The van der Waals surface area contributed by atoms with Gasteiger partial charge in [-0.15, -0.1) is 0 Å². The number of nitrogens with two attached hydrogens (primary N) is 1. The van der Waals surface area contributed by atoms with Gasteiger partial charge >= 0.3 is 0 Å². The van der Waals surface area contributed by atoms with E-state index in [4.69, 9.17) is 5.73 Å². The van der Waals surface area contributed by atoms with Crippen molar-refractivity contribution in [1.82, 2.24) is 0 Å². The maximum absolute atomic E-state index is 11.1. The van der Waals surface area contributed by atoms with Crippen molar-refractivity contribution in [3.63, 3.8) is 0 Å². The maximum Gasteiger partial charge on any atom is 0.147 e. The van der Waals surface area contributed by atoms with Crippen molar-refractivity contribution in [3.8, 4) is 0 Å². The molecule has 4 heteroatoms. The second-order valence-corrected chi connectivity index (χ2v) is 7.17. The Labute approximate surface area is 103 Å². The van der Waals surface area contributed by atoms with Crippen LogP contribution in [0.1, 0.15) is 35.6 Å². The molecule has 17 heavy (non-hydrogen) atoms. The van der Waals surface area contributed by atoms with Crippen LogP contribution in [-0.2, 0) is 22.7 Å². The SMILES string of the molecule is CS(=O)(=O)CCC(N)c1ccc2c(c1)CCC2. The van der Waals surface area contributed by atoms with Crippen LogP contribution in [0.25, 0.3) is 0 Å². The van der Waals surface area contributed by atoms with Gasteiger partial charge in [-0.2, -0.15) is 0 Å². The molecule has 1 aliphatic rings. The standard InChI is InChI=1S/C13H19NO2S/c1-17(15,16)8-7-13(14)12-6-5-10-3-2-4-11(10)9-12/h5-6,9,13H,2-4,7-8,14H2,1H3. The van der Waals surface area contributed by atoms with Crippen molar-refractivity contribution >= 4 is 9.84 Å². The molecule has 1 aromatic carbocycles. The first-order valence-corrected chi connectivity index (χ1v) is 8.07.